The second-order valence-electron chi connectivity index (χ2n) is 2.86. The van der Waals surface area contributed by atoms with Crippen LogP contribution >= 0.6 is 69.1 Å². The first-order chi connectivity index (χ1) is 7.59. The Balaban J connectivity index is 2.28. The third-order valence-electron chi connectivity index (χ3n) is 1.82. The van der Waals surface area contributed by atoms with Crippen molar-refractivity contribution in [3.05, 3.63) is 40.6 Å². The smallest absolute Gasteiger partial charge is 0.0772 e. The number of halogens is 4. The van der Waals surface area contributed by atoms with Crippen molar-refractivity contribution in [3.63, 3.8) is 0 Å². The molecule has 2 aromatic heterocycles. The maximum atomic E-state index is 5.99. The van der Waals surface area contributed by atoms with Crippen molar-refractivity contribution in [2.75, 3.05) is 0 Å². The fraction of sp³-hybridized carbons (Fsp3) is 0. The lowest BCUT2D eigenvalue weighted by Crippen LogP contribution is -1.65. The molecular formula is C10H4Cl4S2. The summed E-state index contributed by atoms with van der Waals surface area (Å²) in [5.74, 6) is 0. The average Bonchev–Trinajstić information content (AvgIpc) is 2.74. The molecule has 0 saturated carbocycles. The maximum absolute atomic E-state index is 5.99. The Labute approximate surface area is 121 Å². The first kappa shape index (κ1) is 12.7. The van der Waals surface area contributed by atoms with Crippen LogP contribution in [0.1, 0.15) is 9.75 Å². The molecule has 6 heteroatoms. The van der Waals surface area contributed by atoms with Crippen molar-refractivity contribution < 1.29 is 0 Å². The predicted octanol–water partition coefficient (Wildman–Crippen LogP) is 6.59. The van der Waals surface area contributed by atoms with Crippen LogP contribution in [-0.2, 0) is 0 Å². The SMILES string of the molecule is Clc1csc(/C=C/c2scc(Cl)c2Cl)c1Cl. The van der Waals surface area contributed by atoms with E-state index in [-0.39, 0.29) is 0 Å². The molecule has 2 rings (SSSR count). The first-order valence-electron chi connectivity index (χ1n) is 4.12. The van der Waals surface area contributed by atoms with E-state index in [1.54, 1.807) is 10.8 Å². The van der Waals surface area contributed by atoms with Gasteiger partial charge in [0.05, 0.1) is 20.1 Å². The van der Waals surface area contributed by atoms with E-state index < -0.39 is 0 Å². The van der Waals surface area contributed by atoms with Crippen molar-refractivity contribution in [2.24, 2.45) is 0 Å². The zero-order valence-corrected chi connectivity index (χ0v) is 12.3. The normalized spacial score (nSPS) is 11.5. The number of rotatable bonds is 2. The van der Waals surface area contributed by atoms with Crippen molar-refractivity contribution in [1.82, 2.24) is 0 Å². The summed E-state index contributed by atoms with van der Waals surface area (Å²) in [6, 6.07) is 0. The fourth-order valence-electron chi connectivity index (χ4n) is 1.05. The molecule has 0 unspecified atom stereocenters. The molecule has 0 amide bonds. The van der Waals surface area contributed by atoms with Crippen molar-refractivity contribution in [2.45, 2.75) is 0 Å². The highest BCUT2D eigenvalue weighted by Gasteiger charge is 2.07. The van der Waals surface area contributed by atoms with E-state index in [4.69, 9.17) is 46.4 Å². The number of thiophene rings is 2. The first-order valence-corrected chi connectivity index (χ1v) is 7.39. The standard InChI is InChI=1S/C10H4Cl4S2/c11-5-3-15-7(9(5)13)1-2-8-10(14)6(12)4-16-8/h1-4H/b2-1+. The molecule has 0 radical (unpaired) electrons. The molecular weight excluding hydrogens is 326 g/mol. The van der Waals surface area contributed by atoms with Gasteiger partial charge in [-0.3, -0.25) is 0 Å². The van der Waals surface area contributed by atoms with Crippen LogP contribution in [0.5, 0.6) is 0 Å². The summed E-state index contributed by atoms with van der Waals surface area (Å²) in [7, 11) is 0. The molecule has 2 heterocycles. The van der Waals surface area contributed by atoms with Gasteiger partial charge in [-0.05, 0) is 12.2 Å². The van der Waals surface area contributed by atoms with Crippen LogP contribution in [0.15, 0.2) is 10.8 Å². The molecule has 16 heavy (non-hydrogen) atoms. The largest absolute Gasteiger partial charge is 0.141 e. The molecule has 0 fully saturated rings. The molecule has 0 aromatic carbocycles. The monoisotopic (exact) mass is 328 g/mol. The molecule has 0 atom stereocenters. The van der Waals surface area contributed by atoms with Crippen LogP contribution in [0.4, 0.5) is 0 Å². The quantitative estimate of drug-likeness (QED) is 0.582. The van der Waals surface area contributed by atoms with Crippen LogP contribution in [0.25, 0.3) is 12.2 Å². The minimum atomic E-state index is 0.571. The maximum Gasteiger partial charge on any atom is 0.0772 e. The van der Waals surface area contributed by atoms with Gasteiger partial charge in [0.2, 0.25) is 0 Å². The predicted molar refractivity (Wildman–Crippen MR) is 77.6 cm³/mol. The summed E-state index contributed by atoms with van der Waals surface area (Å²) < 4.78 is 0. The number of hydrogen-bond donors (Lipinski definition) is 0. The lowest BCUT2D eigenvalue weighted by molar-refractivity contribution is 1.91. The molecule has 84 valence electrons. The Morgan fingerprint density at radius 1 is 0.750 bits per heavy atom. The van der Waals surface area contributed by atoms with Gasteiger partial charge in [0.25, 0.3) is 0 Å². The Kier molecular flexibility index (Phi) is 4.22. The second kappa shape index (κ2) is 5.30. The van der Waals surface area contributed by atoms with E-state index in [2.05, 4.69) is 0 Å². The summed E-state index contributed by atoms with van der Waals surface area (Å²) in [6.07, 6.45) is 3.76. The van der Waals surface area contributed by atoms with Crippen molar-refractivity contribution in [3.8, 4) is 0 Å². The van der Waals surface area contributed by atoms with E-state index in [1.807, 2.05) is 12.2 Å². The lowest BCUT2D eigenvalue weighted by Gasteiger charge is -1.90. The number of hydrogen-bond acceptors (Lipinski definition) is 2. The molecule has 0 bridgehead atoms. The topological polar surface area (TPSA) is 0 Å². The highest BCUT2D eigenvalue weighted by Crippen LogP contribution is 2.36. The van der Waals surface area contributed by atoms with Gasteiger partial charge in [-0.2, -0.15) is 0 Å². The highest BCUT2D eigenvalue weighted by atomic mass is 35.5. The van der Waals surface area contributed by atoms with Crippen LogP contribution in [-0.4, -0.2) is 0 Å². The van der Waals surface area contributed by atoms with Crippen LogP contribution in [0, 0.1) is 0 Å². The molecule has 0 aliphatic rings. The fourth-order valence-corrected chi connectivity index (χ4v) is 3.68. The van der Waals surface area contributed by atoms with Gasteiger partial charge in [-0.1, -0.05) is 46.4 Å². The van der Waals surface area contributed by atoms with Gasteiger partial charge in [0, 0.05) is 20.5 Å². The van der Waals surface area contributed by atoms with E-state index in [9.17, 15) is 0 Å². The van der Waals surface area contributed by atoms with Gasteiger partial charge in [-0.15, -0.1) is 22.7 Å². The molecule has 0 saturated heterocycles. The average molecular weight is 330 g/mol. The van der Waals surface area contributed by atoms with Gasteiger partial charge in [0.1, 0.15) is 0 Å². The Morgan fingerprint density at radius 3 is 1.38 bits per heavy atom. The third kappa shape index (κ3) is 2.58. The molecule has 0 aliphatic heterocycles. The molecule has 0 nitrogen and oxygen atoms in total. The van der Waals surface area contributed by atoms with Crippen LogP contribution in [0.3, 0.4) is 0 Å². The third-order valence-corrected chi connectivity index (χ3v) is 5.80. The van der Waals surface area contributed by atoms with Crippen LogP contribution in [0.2, 0.25) is 20.1 Å². The zero-order valence-electron chi connectivity index (χ0n) is 7.64. The van der Waals surface area contributed by atoms with Gasteiger partial charge >= 0.3 is 0 Å². The summed E-state index contributed by atoms with van der Waals surface area (Å²) in [4.78, 5) is 1.82. The van der Waals surface area contributed by atoms with Gasteiger partial charge < -0.3 is 0 Å². The minimum absolute atomic E-state index is 0.571. The molecule has 0 spiro atoms. The van der Waals surface area contributed by atoms with Crippen molar-refractivity contribution >= 4 is 81.2 Å². The van der Waals surface area contributed by atoms with Gasteiger partial charge in [-0.25, -0.2) is 0 Å². The lowest BCUT2D eigenvalue weighted by atomic mass is 10.3. The molecule has 0 aliphatic carbocycles. The summed E-state index contributed by atoms with van der Waals surface area (Å²) >= 11 is 26.6. The minimum Gasteiger partial charge on any atom is -0.141 e. The summed E-state index contributed by atoms with van der Waals surface area (Å²) in [6.45, 7) is 0. The van der Waals surface area contributed by atoms with E-state index in [1.165, 1.54) is 22.7 Å². The Hall–Kier alpha value is 0.300. The van der Waals surface area contributed by atoms with E-state index in [0.29, 0.717) is 20.1 Å². The Morgan fingerprint density at radius 2 is 1.12 bits per heavy atom. The Bertz CT molecular complexity index is 491. The summed E-state index contributed by atoms with van der Waals surface area (Å²) in [5, 5.41) is 5.88. The summed E-state index contributed by atoms with van der Waals surface area (Å²) in [5.41, 5.74) is 0. The van der Waals surface area contributed by atoms with Gasteiger partial charge in [0.15, 0.2) is 0 Å². The second-order valence-corrected chi connectivity index (χ2v) is 6.25. The molecule has 0 N–H and O–H groups in total. The zero-order chi connectivity index (χ0) is 11.7. The van der Waals surface area contributed by atoms with E-state index in [0.717, 1.165) is 9.75 Å². The van der Waals surface area contributed by atoms with E-state index >= 15 is 0 Å². The highest BCUT2D eigenvalue weighted by molar-refractivity contribution is 7.13. The molecule has 2 aromatic rings. The van der Waals surface area contributed by atoms with Crippen LogP contribution < -0.4 is 0 Å². The van der Waals surface area contributed by atoms with Crippen molar-refractivity contribution in [1.29, 1.82) is 0 Å².